The molecule has 0 fully saturated rings. The van der Waals surface area contributed by atoms with Crippen LogP contribution in [0.3, 0.4) is 0 Å². The molecule has 0 bridgehead atoms. The fourth-order valence-corrected chi connectivity index (χ4v) is 2.53. The summed E-state index contributed by atoms with van der Waals surface area (Å²) in [5.74, 6) is 0. The molecule has 2 aromatic rings. The summed E-state index contributed by atoms with van der Waals surface area (Å²) in [5.41, 5.74) is 7.97. The van der Waals surface area contributed by atoms with Crippen LogP contribution < -0.4 is 5.73 Å². The van der Waals surface area contributed by atoms with E-state index < -0.39 is 0 Å². The van der Waals surface area contributed by atoms with Crippen molar-refractivity contribution in [3.05, 3.63) is 51.2 Å². The molecule has 2 N–H and O–H groups in total. The van der Waals surface area contributed by atoms with Crippen molar-refractivity contribution < 1.29 is 0 Å². The van der Waals surface area contributed by atoms with Crippen LogP contribution in [0, 0.1) is 0 Å². The summed E-state index contributed by atoms with van der Waals surface area (Å²) in [6, 6.07) is 6.02. The van der Waals surface area contributed by atoms with E-state index in [1.165, 1.54) is 0 Å². The van der Waals surface area contributed by atoms with E-state index in [4.69, 9.17) is 17.3 Å². The molecule has 0 radical (unpaired) electrons. The lowest BCUT2D eigenvalue weighted by Crippen LogP contribution is -2.17. The van der Waals surface area contributed by atoms with Crippen LogP contribution in [-0.2, 0) is 13.0 Å². The normalized spacial score (nSPS) is 12.7. The third-order valence-electron chi connectivity index (χ3n) is 2.59. The lowest BCUT2D eigenvalue weighted by atomic mass is 10.1. The number of aromatic nitrogens is 2. The van der Waals surface area contributed by atoms with E-state index in [0.717, 1.165) is 27.0 Å². The quantitative estimate of drug-likeness (QED) is 0.936. The molecule has 0 saturated carbocycles. The third-order valence-corrected chi connectivity index (χ3v) is 3.44. The second-order valence-electron chi connectivity index (χ2n) is 4.46. The van der Waals surface area contributed by atoms with E-state index in [9.17, 15) is 0 Å². The van der Waals surface area contributed by atoms with Gasteiger partial charge in [-0.15, -0.1) is 0 Å². The van der Waals surface area contributed by atoms with Crippen molar-refractivity contribution in [1.82, 2.24) is 9.78 Å². The monoisotopic (exact) mass is 327 g/mol. The minimum absolute atomic E-state index is 0.152. The number of hydrogen-bond acceptors (Lipinski definition) is 2. The summed E-state index contributed by atoms with van der Waals surface area (Å²) >= 11 is 9.57. The van der Waals surface area contributed by atoms with Crippen molar-refractivity contribution in [3.8, 4) is 0 Å². The average molecular weight is 329 g/mol. The lowest BCUT2D eigenvalue weighted by molar-refractivity contribution is 0.684. The molecule has 1 aromatic heterocycles. The molecule has 1 unspecified atom stereocenters. The van der Waals surface area contributed by atoms with E-state index in [1.807, 2.05) is 42.2 Å². The van der Waals surface area contributed by atoms with Gasteiger partial charge in [0.1, 0.15) is 0 Å². The van der Waals surface area contributed by atoms with Crippen LogP contribution in [0.5, 0.6) is 0 Å². The molecule has 0 aliphatic heterocycles. The van der Waals surface area contributed by atoms with Crippen LogP contribution in [0.4, 0.5) is 0 Å². The second-order valence-corrected chi connectivity index (χ2v) is 5.79. The maximum Gasteiger partial charge on any atom is 0.0674 e. The highest BCUT2D eigenvalue weighted by atomic mass is 79.9. The van der Waals surface area contributed by atoms with Gasteiger partial charge in [0.25, 0.3) is 0 Å². The molecule has 18 heavy (non-hydrogen) atoms. The standard InChI is InChI=1S/C13H15BrClN3/c1-9(16)4-10-6-17-18(7-10)8-11-2-3-12(14)5-13(11)15/h2-3,5-7,9H,4,8,16H2,1H3. The predicted molar refractivity (Wildman–Crippen MR) is 77.8 cm³/mol. The number of hydrogen-bond donors (Lipinski definition) is 1. The number of halogens is 2. The molecule has 96 valence electrons. The van der Waals surface area contributed by atoms with Crippen LogP contribution >= 0.6 is 27.5 Å². The summed E-state index contributed by atoms with van der Waals surface area (Å²) < 4.78 is 2.86. The maximum atomic E-state index is 6.18. The van der Waals surface area contributed by atoms with Gasteiger partial charge in [-0.2, -0.15) is 5.10 Å². The Labute approximate surface area is 120 Å². The maximum absolute atomic E-state index is 6.18. The molecule has 1 aromatic carbocycles. The van der Waals surface area contributed by atoms with Gasteiger partial charge in [0.2, 0.25) is 0 Å². The summed E-state index contributed by atoms with van der Waals surface area (Å²) in [4.78, 5) is 0. The molecule has 0 spiro atoms. The van der Waals surface area contributed by atoms with Crippen molar-refractivity contribution in [1.29, 1.82) is 0 Å². The summed E-state index contributed by atoms with van der Waals surface area (Å²) in [6.45, 7) is 2.66. The van der Waals surface area contributed by atoms with Crippen molar-refractivity contribution >= 4 is 27.5 Å². The first-order valence-electron chi connectivity index (χ1n) is 5.75. The molecule has 2 rings (SSSR count). The predicted octanol–water partition coefficient (Wildman–Crippen LogP) is 3.24. The Morgan fingerprint density at radius 2 is 2.28 bits per heavy atom. The van der Waals surface area contributed by atoms with Crippen LogP contribution in [0.25, 0.3) is 0 Å². The summed E-state index contributed by atoms with van der Waals surface area (Å²) in [7, 11) is 0. The van der Waals surface area contributed by atoms with Crippen LogP contribution in [0.2, 0.25) is 5.02 Å². The fraction of sp³-hybridized carbons (Fsp3) is 0.308. The summed E-state index contributed by atoms with van der Waals surface area (Å²) in [6.07, 6.45) is 4.71. The Morgan fingerprint density at radius 3 is 2.94 bits per heavy atom. The van der Waals surface area contributed by atoms with E-state index in [1.54, 1.807) is 0 Å². The fourth-order valence-electron chi connectivity index (χ4n) is 1.79. The van der Waals surface area contributed by atoms with Gasteiger partial charge in [-0.3, -0.25) is 4.68 Å². The first-order chi connectivity index (χ1) is 8.54. The zero-order chi connectivity index (χ0) is 13.1. The largest absolute Gasteiger partial charge is 0.328 e. The second kappa shape index (κ2) is 5.87. The van der Waals surface area contributed by atoms with E-state index in [2.05, 4.69) is 21.0 Å². The third kappa shape index (κ3) is 3.57. The molecule has 5 heteroatoms. The van der Waals surface area contributed by atoms with Crippen LogP contribution in [-0.4, -0.2) is 15.8 Å². The molecular formula is C13H15BrClN3. The van der Waals surface area contributed by atoms with Crippen molar-refractivity contribution in [2.45, 2.75) is 25.9 Å². The molecule has 1 atom stereocenters. The first-order valence-corrected chi connectivity index (χ1v) is 6.92. The lowest BCUT2D eigenvalue weighted by Gasteiger charge is -2.05. The molecular weight excluding hydrogens is 314 g/mol. The minimum Gasteiger partial charge on any atom is -0.328 e. The smallest absolute Gasteiger partial charge is 0.0674 e. The molecule has 0 aliphatic carbocycles. The Morgan fingerprint density at radius 1 is 1.50 bits per heavy atom. The topological polar surface area (TPSA) is 43.8 Å². The highest BCUT2D eigenvalue weighted by molar-refractivity contribution is 9.10. The number of benzene rings is 1. The summed E-state index contributed by atoms with van der Waals surface area (Å²) in [5, 5.41) is 5.06. The van der Waals surface area contributed by atoms with Crippen molar-refractivity contribution in [2.24, 2.45) is 5.73 Å². The van der Waals surface area contributed by atoms with Crippen LogP contribution in [0.15, 0.2) is 35.1 Å². The molecule has 0 aliphatic rings. The van der Waals surface area contributed by atoms with Gasteiger partial charge >= 0.3 is 0 Å². The zero-order valence-corrected chi connectivity index (χ0v) is 12.4. The van der Waals surface area contributed by atoms with E-state index in [-0.39, 0.29) is 6.04 Å². The molecule has 0 saturated heterocycles. The molecule has 0 amide bonds. The first kappa shape index (κ1) is 13.6. The van der Waals surface area contributed by atoms with Gasteiger partial charge in [-0.25, -0.2) is 0 Å². The highest BCUT2D eigenvalue weighted by Crippen LogP contribution is 2.22. The molecule has 3 nitrogen and oxygen atoms in total. The Kier molecular flexibility index (Phi) is 4.43. The zero-order valence-electron chi connectivity index (χ0n) is 10.1. The van der Waals surface area contributed by atoms with Gasteiger partial charge in [0.15, 0.2) is 0 Å². The number of nitrogens with two attached hydrogens (primary N) is 1. The van der Waals surface area contributed by atoms with E-state index >= 15 is 0 Å². The van der Waals surface area contributed by atoms with E-state index in [0.29, 0.717) is 6.54 Å². The van der Waals surface area contributed by atoms with Gasteiger partial charge in [0, 0.05) is 21.7 Å². The number of rotatable bonds is 4. The Hall–Kier alpha value is -0.840. The minimum atomic E-state index is 0.152. The Bertz CT molecular complexity index is 537. The Balaban J connectivity index is 2.11. The van der Waals surface area contributed by atoms with Crippen molar-refractivity contribution in [2.75, 3.05) is 0 Å². The van der Waals surface area contributed by atoms with Gasteiger partial charge < -0.3 is 5.73 Å². The van der Waals surface area contributed by atoms with Gasteiger partial charge in [-0.05, 0) is 36.6 Å². The van der Waals surface area contributed by atoms with Gasteiger partial charge in [-0.1, -0.05) is 33.6 Å². The SMILES string of the molecule is CC(N)Cc1cnn(Cc2ccc(Br)cc2Cl)c1. The van der Waals surface area contributed by atoms with Crippen molar-refractivity contribution in [3.63, 3.8) is 0 Å². The van der Waals surface area contributed by atoms with Crippen LogP contribution in [0.1, 0.15) is 18.1 Å². The highest BCUT2D eigenvalue weighted by Gasteiger charge is 2.05. The average Bonchev–Trinajstić information content (AvgIpc) is 2.69. The van der Waals surface area contributed by atoms with Gasteiger partial charge in [0.05, 0.1) is 12.7 Å². The molecule has 1 heterocycles. The number of nitrogens with zero attached hydrogens (tertiary/aromatic N) is 2.